The monoisotopic (exact) mass is 578 g/mol. The van der Waals surface area contributed by atoms with Gasteiger partial charge in [0.1, 0.15) is 11.6 Å². The molecule has 7 heteroatoms. The molecule has 2 atom stereocenters. The molecule has 42 heavy (non-hydrogen) atoms. The Labute approximate surface area is 248 Å². The lowest BCUT2D eigenvalue weighted by molar-refractivity contribution is -0.136. The minimum absolute atomic E-state index is 0.0177. The molecule has 1 aliphatic carbocycles. The fourth-order valence-electron chi connectivity index (χ4n) is 5.95. The van der Waals surface area contributed by atoms with Crippen molar-refractivity contribution in [2.24, 2.45) is 0 Å². The fraction of sp³-hybridized carbons (Fsp3) is 0.457. The molecule has 3 aromatic carbocycles. The van der Waals surface area contributed by atoms with Crippen LogP contribution in [0.25, 0.3) is 0 Å². The molecule has 1 saturated carbocycles. The largest absolute Gasteiger partial charge is 0.481 e. The van der Waals surface area contributed by atoms with Crippen LogP contribution >= 0.6 is 0 Å². The van der Waals surface area contributed by atoms with E-state index in [9.17, 15) is 18.7 Å². The first kappa shape index (κ1) is 31.6. The molecule has 0 bridgehead atoms. The highest BCUT2D eigenvalue weighted by Gasteiger charge is 2.35. The number of halogens is 2. The van der Waals surface area contributed by atoms with E-state index in [1.807, 2.05) is 24.3 Å². The zero-order valence-electron chi connectivity index (χ0n) is 24.9. The van der Waals surface area contributed by atoms with Gasteiger partial charge in [-0.2, -0.15) is 0 Å². The summed E-state index contributed by atoms with van der Waals surface area (Å²) in [6, 6.07) is 19.1. The number of nitrogens with one attached hydrogen (secondary N) is 2. The minimum Gasteiger partial charge on any atom is -0.481 e. The van der Waals surface area contributed by atoms with Gasteiger partial charge in [-0.05, 0) is 77.6 Å². The lowest BCUT2D eigenvalue weighted by Crippen LogP contribution is -2.50. The molecule has 4 rings (SSSR count). The Hall–Kier alpha value is -3.29. The van der Waals surface area contributed by atoms with Crippen LogP contribution in [0.3, 0.4) is 0 Å². The number of anilines is 1. The molecule has 5 nitrogen and oxygen atoms in total. The van der Waals surface area contributed by atoms with E-state index < -0.39 is 29.7 Å². The molecule has 4 N–H and O–H groups in total. The summed E-state index contributed by atoms with van der Waals surface area (Å²) in [7, 11) is 0. The predicted octanol–water partition coefficient (Wildman–Crippen LogP) is 7.11. The third-order valence-electron chi connectivity index (χ3n) is 8.41. The van der Waals surface area contributed by atoms with Crippen molar-refractivity contribution in [1.29, 1.82) is 0 Å². The van der Waals surface area contributed by atoms with Crippen molar-refractivity contribution in [2.45, 2.75) is 95.2 Å². The molecule has 0 heterocycles. The van der Waals surface area contributed by atoms with E-state index in [0.29, 0.717) is 18.5 Å². The van der Waals surface area contributed by atoms with Crippen LogP contribution in [-0.2, 0) is 28.6 Å². The molecule has 0 amide bonds. The molecule has 0 aromatic heterocycles. The Morgan fingerprint density at radius 2 is 1.60 bits per heavy atom. The van der Waals surface area contributed by atoms with Crippen LogP contribution in [0.4, 0.5) is 14.5 Å². The molecular weight excluding hydrogens is 534 g/mol. The zero-order chi connectivity index (χ0) is 30.3. The van der Waals surface area contributed by atoms with E-state index in [-0.39, 0.29) is 23.8 Å². The molecule has 0 radical (unpaired) electrons. The van der Waals surface area contributed by atoms with Crippen molar-refractivity contribution in [3.05, 3.63) is 101 Å². The maximum Gasteiger partial charge on any atom is 0.303 e. The topological polar surface area (TPSA) is 81.6 Å². The average Bonchev–Trinajstić information content (AvgIpc) is 2.95. The van der Waals surface area contributed by atoms with E-state index in [4.69, 9.17) is 5.11 Å². The summed E-state index contributed by atoms with van der Waals surface area (Å²) in [6.45, 7) is 6.93. The average molecular weight is 579 g/mol. The highest BCUT2D eigenvalue weighted by Crippen LogP contribution is 2.38. The van der Waals surface area contributed by atoms with Crippen LogP contribution in [0, 0.1) is 11.6 Å². The van der Waals surface area contributed by atoms with Gasteiger partial charge in [0.2, 0.25) is 0 Å². The number of rotatable bonds is 12. The Morgan fingerprint density at radius 3 is 2.21 bits per heavy atom. The summed E-state index contributed by atoms with van der Waals surface area (Å²) in [5.74, 6) is -2.16. The van der Waals surface area contributed by atoms with Crippen molar-refractivity contribution in [3.8, 4) is 0 Å². The smallest absolute Gasteiger partial charge is 0.303 e. The maximum absolute atomic E-state index is 14.0. The van der Waals surface area contributed by atoms with Crippen LogP contribution in [-0.4, -0.2) is 34.9 Å². The lowest BCUT2D eigenvalue weighted by atomic mass is 9.74. The normalized spacial score (nSPS) is 16.5. The van der Waals surface area contributed by atoms with Gasteiger partial charge in [-0.15, -0.1) is 0 Å². The summed E-state index contributed by atoms with van der Waals surface area (Å²) < 4.78 is 28.1. The third kappa shape index (κ3) is 8.62. The van der Waals surface area contributed by atoms with Crippen LogP contribution in [0.2, 0.25) is 0 Å². The van der Waals surface area contributed by atoms with E-state index >= 15 is 0 Å². The highest BCUT2D eigenvalue weighted by atomic mass is 19.1. The number of aliphatic hydroxyl groups excluding tert-OH is 1. The first-order valence-corrected chi connectivity index (χ1v) is 15.0. The number of carboxylic acids is 1. The Balaban J connectivity index is 1.55. The number of benzene rings is 3. The van der Waals surface area contributed by atoms with Crippen LogP contribution in [0.1, 0.15) is 81.5 Å². The summed E-state index contributed by atoms with van der Waals surface area (Å²) in [4.78, 5) is 10.9. The lowest BCUT2D eigenvalue weighted by Gasteiger charge is -2.41. The fourth-order valence-corrected chi connectivity index (χ4v) is 5.95. The summed E-state index contributed by atoms with van der Waals surface area (Å²) in [5.41, 5.74) is 4.34. The highest BCUT2D eigenvalue weighted by molar-refractivity contribution is 5.67. The summed E-state index contributed by atoms with van der Waals surface area (Å²) >= 11 is 0. The molecule has 0 saturated heterocycles. The second-order valence-corrected chi connectivity index (χ2v) is 12.7. The maximum atomic E-state index is 14.0. The van der Waals surface area contributed by atoms with Crippen molar-refractivity contribution in [2.75, 3.05) is 11.9 Å². The van der Waals surface area contributed by atoms with Gasteiger partial charge in [0.15, 0.2) is 0 Å². The first-order valence-electron chi connectivity index (χ1n) is 15.0. The van der Waals surface area contributed by atoms with Crippen molar-refractivity contribution in [3.63, 3.8) is 0 Å². The van der Waals surface area contributed by atoms with Gasteiger partial charge in [0.25, 0.3) is 0 Å². The standard InChI is InChI=1S/C35H44F2N2O3/c1-34(2,3)26-8-7-9-27(21-26)35(16-5-4-6-17-35)38-23-32(40)31(20-25-18-28(36)22-29(37)19-25)39-30-13-10-24(11-14-30)12-15-33(41)42/h7-11,13-14,18-19,21-22,31-32,38-40H,4-6,12,15-17,20,23H2,1-3H3,(H,41,42)/t31?,32-/m1/s1. The number of aryl methyl sites for hydroxylation is 1. The number of carbonyl (C=O) groups is 1. The number of aliphatic carboxylic acids is 1. The number of carboxylic acid groups (broad SMARTS) is 1. The van der Waals surface area contributed by atoms with Gasteiger partial charge in [-0.3, -0.25) is 4.79 Å². The molecule has 1 fully saturated rings. The van der Waals surface area contributed by atoms with Crippen molar-refractivity contribution in [1.82, 2.24) is 5.32 Å². The van der Waals surface area contributed by atoms with E-state index in [1.165, 1.54) is 29.7 Å². The molecule has 0 aliphatic heterocycles. The van der Waals surface area contributed by atoms with Crippen molar-refractivity contribution >= 4 is 11.7 Å². The van der Waals surface area contributed by atoms with Crippen LogP contribution < -0.4 is 10.6 Å². The van der Waals surface area contributed by atoms with E-state index in [1.54, 1.807) is 0 Å². The quantitative estimate of drug-likeness (QED) is 0.184. The van der Waals surface area contributed by atoms with Crippen LogP contribution in [0.5, 0.6) is 0 Å². The summed E-state index contributed by atoms with van der Waals surface area (Å²) in [6.07, 6.45) is 5.14. The zero-order valence-corrected chi connectivity index (χ0v) is 24.9. The molecule has 0 spiro atoms. The Kier molecular flexibility index (Phi) is 10.4. The predicted molar refractivity (Wildman–Crippen MR) is 164 cm³/mol. The molecule has 226 valence electrons. The number of aliphatic hydroxyl groups is 1. The second-order valence-electron chi connectivity index (χ2n) is 12.7. The first-order chi connectivity index (χ1) is 19.9. The van der Waals surface area contributed by atoms with Crippen molar-refractivity contribution < 1.29 is 23.8 Å². The second kappa shape index (κ2) is 13.8. The molecule has 1 aliphatic rings. The van der Waals surface area contributed by atoms with Gasteiger partial charge in [-0.25, -0.2) is 8.78 Å². The van der Waals surface area contributed by atoms with E-state index in [2.05, 4.69) is 55.7 Å². The van der Waals surface area contributed by atoms with Gasteiger partial charge < -0.3 is 20.8 Å². The molecule has 3 aromatic rings. The molecular formula is C35H44F2N2O3. The van der Waals surface area contributed by atoms with Gasteiger partial charge >= 0.3 is 5.97 Å². The Bertz CT molecular complexity index is 1310. The van der Waals surface area contributed by atoms with Crippen LogP contribution in [0.15, 0.2) is 66.7 Å². The Morgan fingerprint density at radius 1 is 0.929 bits per heavy atom. The third-order valence-corrected chi connectivity index (χ3v) is 8.41. The van der Waals surface area contributed by atoms with Gasteiger partial charge in [-0.1, -0.05) is 76.4 Å². The minimum atomic E-state index is -0.868. The number of hydrogen-bond acceptors (Lipinski definition) is 4. The van der Waals surface area contributed by atoms with Gasteiger partial charge in [0.05, 0.1) is 12.1 Å². The van der Waals surface area contributed by atoms with Gasteiger partial charge in [0, 0.05) is 30.3 Å². The molecule has 1 unspecified atom stereocenters. The van der Waals surface area contributed by atoms with E-state index in [0.717, 1.165) is 43.0 Å². The summed E-state index contributed by atoms with van der Waals surface area (Å²) in [5, 5.41) is 27.7. The number of hydrogen-bond donors (Lipinski definition) is 4. The SMILES string of the molecule is CC(C)(C)c1cccc(C2(NC[C@@H](O)C(Cc3cc(F)cc(F)c3)Nc3ccc(CCC(=O)O)cc3)CCCCC2)c1.